The van der Waals surface area contributed by atoms with Gasteiger partial charge in [0, 0.05) is 37.4 Å². The number of rotatable bonds is 8. The standard InChI is InChI=1S/C30H38F2NO2P/c1-19-8-11-23-18-33(28(35)13-10-21-6-4-5-7-21)15-14-24(23)29(19)20(2)27(34)17-22-9-12-25(26(31)16-22)30(3,32)36/h8-9,11-12,16,20-21H,4-7,10,13-15,17-18,36H2,1-3H3. The molecule has 3 atom stereocenters. The monoisotopic (exact) mass is 513 g/mol. The van der Waals surface area contributed by atoms with E-state index in [2.05, 4.69) is 6.07 Å². The summed E-state index contributed by atoms with van der Waals surface area (Å²) < 4.78 is 28.6. The van der Waals surface area contributed by atoms with E-state index in [0.29, 0.717) is 31.0 Å². The minimum absolute atomic E-state index is 0.00241. The van der Waals surface area contributed by atoms with Crippen molar-refractivity contribution in [2.75, 3.05) is 6.54 Å². The van der Waals surface area contributed by atoms with Crippen LogP contribution in [0.5, 0.6) is 0 Å². The zero-order valence-corrected chi connectivity index (χ0v) is 22.9. The zero-order valence-electron chi connectivity index (χ0n) is 21.7. The van der Waals surface area contributed by atoms with Crippen molar-refractivity contribution in [3.63, 3.8) is 0 Å². The molecule has 36 heavy (non-hydrogen) atoms. The van der Waals surface area contributed by atoms with E-state index in [1.807, 2.05) is 34.1 Å². The van der Waals surface area contributed by atoms with Crippen molar-refractivity contribution in [1.82, 2.24) is 4.90 Å². The highest BCUT2D eigenvalue weighted by molar-refractivity contribution is 7.18. The second kappa shape index (κ2) is 11.1. The summed E-state index contributed by atoms with van der Waals surface area (Å²) >= 11 is 0. The van der Waals surface area contributed by atoms with Gasteiger partial charge in [-0.3, -0.25) is 9.59 Å². The number of alkyl halides is 1. The van der Waals surface area contributed by atoms with Gasteiger partial charge in [0.2, 0.25) is 5.91 Å². The molecule has 2 aliphatic rings. The first kappa shape index (κ1) is 26.9. The van der Waals surface area contributed by atoms with Crippen LogP contribution in [-0.4, -0.2) is 23.1 Å². The number of halogens is 2. The van der Waals surface area contributed by atoms with Gasteiger partial charge in [0.1, 0.15) is 17.0 Å². The summed E-state index contributed by atoms with van der Waals surface area (Å²) in [5.41, 5.74) is 4.90. The molecule has 1 fully saturated rings. The normalized spacial score (nSPS) is 18.6. The molecule has 1 aliphatic carbocycles. The van der Waals surface area contributed by atoms with Crippen LogP contribution in [0.2, 0.25) is 0 Å². The third-order valence-corrected chi connectivity index (χ3v) is 8.42. The Morgan fingerprint density at radius 2 is 1.92 bits per heavy atom. The lowest BCUT2D eigenvalue weighted by atomic mass is 9.82. The summed E-state index contributed by atoms with van der Waals surface area (Å²) in [4.78, 5) is 28.1. The number of hydrogen-bond acceptors (Lipinski definition) is 2. The van der Waals surface area contributed by atoms with Crippen LogP contribution in [-0.2, 0) is 34.4 Å². The third-order valence-electron chi connectivity index (χ3n) is 8.11. The molecular formula is C30H38F2NO2P. The van der Waals surface area contributed by atoms with Crippen LogP contribution in [0.25, 0.3) is 0 Å². The molecular weight excluding hydrogens is 475 g/mol. The van der Waals surface area contributed by atoms with Gasteiger partial charge in [-0.05, 0) is 66.5 Å². The molecule has 2 aromatic rings. The van der Waals surface area contributed by atoms with Crippen LogP contribution in [0.4, 0.5) is 8.78 Å². The molecule has 0 radical (unpaired) electrons. The predicted octanol–water partition coefficient (Wildman–Crippen LogP) is 6.92. The largest absolute Gasteiger partial charge is 0.338 e. The summed E-state index contributed by atoms with van der Waals surface area (Å²) in [5, 5.41) is -1.86. The van der Waals surface area contributed by atoms with Crippen LogP contribution in [0.15, 0.2) is 30.3 Å². The SMILES string of the molecule is Cc1ccc2c(c1C(C)C(=O)Cc1ccc(C(C)(F)P)c(F)c1)CCN(C(=O)CCC1CCCC1)C2. The number of carbonyl (C=O) groups excluding carboxylic acids is 2. The summed E-state index contributed by atoms with van der Waals surface area (Å²) in [6, 6.07) is 8.45. The molecule has 3 nitrogen and oxygen atoms in total. The van der Waals surface area contributed by atoms with E-state index >= 15 is 0 Å². The Bertz CT molecular complexity index is 1130. The molecule has 2 aromatic carbocycles. The van der Waals surface area contributed by atoms with Gasteiger partial charge >= 0.3 is 0 Å². The minimum atomic E-state index is -1.86. The third kappa shape index (κ3) is 6.05. The lowest BCUT2D eigenvalue weighted by molar-refractivity contribution is -0.132. The quantitative estimate of drug-likeness (QED) is 0.359. The van der Waals surface area contributed by atoms with Crippen LogP contribution in [0.1, 0.15) is 91.7 Å². The molecule has 0 spiro atoms. The minimum Gasteiger partial charge on any atom is -0.338 e. The van der Waals surface area contributed by atoms with Crippen LogP contribution < -0.4 is 0 Å². The smallest absolute Gasteiger partial charge is 0.222 e. The number of carbonyl (C=O) groups is 2. The highest BCUT2D eigenvalue weighted by Crippen LogP contribution is 2.36. The Morgan fingerprint density at radius 3 is 2.58 bits per heavy atom. The number of fused-ring (bicyclic) bond motifs is 1. The number of Topliss-reactive ketones (excluding diaryl/α,β-unsaturated/α-hetero) is 1. The van der Waals surface area contributed by atoms with E-state index < -0.39 is 11.2 Å². The molecule has 194 valence electrons. The molecule has 0 saturated heterocycles. The summed E-state index contributed by atoms with van der Waals surface area (Å²) in [6.07, 6.45) is 7.56. The molecule has 1 saturated carbocycles. The lowest BCUT2D eigenvalue weighted by Gasteiger charge is -2.32. The average Bonchev–Trinajstić information content (AvgIpc) is 3.34. The number of nitrogens with zero attached hydrogens (tertiary/aromatic N) is 1. The Kier molecular flexibility index (Phi) is 8.29. The maximum atomic E-state index is 14.5. The van der Waals surface area contributed by atoms with E-state index in [4.69, 9.17) is 0 Å². The van der Waals surface area contributed by atoms with E-state index in [1.165, 1.54) is 50.3 Å². The second-order valence-electron chi connectivity index (χ2n) is 10.9. The molecule has 0 bridgehead atoms. The lowest BCUT2D eigenvalue weighted by Crippen LogP contribution is -2.36. The van der Waals surface area contributed by atoms with E-state index in [0.717, 1.165) is 29.5 Å². The molecule has 4 rings (SSSR count). The van der Waals surface area contributed by atoms with Crippen molar-refractivity contribution in [2.45, 2.75) is 90.0 Å². The Morgan fingerprint density at radius 1 is 1.19 bits per heavy atom. The molecule has 6 heteroatoms. The summed E-state index contributed by atoms with van der Waals surface area (Å²) in [6.45, 7) is 6.49. The van der Waals surface area contributed by atoms with Crippen molar-refractivity contribution in [2.24, 2.45) is 5.92 Å². The predicted molar refractivity (Wildman–Crippen MR) is 143 cm³/mol. The Balaban J connectivity index is 1.45. The van der Waals surface area contributed by atoms with Gasteiger partial charge in [0.05, 0.1) is 0 Å². The van der Waals surface area contributed by atoms with Gasteiger partial charge in [-0.1, -0.05) is 66.1 Å². The maximum Gasteiger partial charge on any atom is 0.222 e. The van der Waals surface area contributed by atoms with Gasteiger partial charge in [-0.2, -0.15) is 0 Å². The molecule has 1 aliphatic heterocycles. The van der Waals surface area contributed by atoms with Crippen LogP contribution in [0, 0.1) is 18.7 Å². The van der Waals surface area contributed by atoms with E-state index in [-0.39, 0.29) is 29.6 Å². The fourth-order valence-electron chi connectivity index (χ4n) is 5.98. The first-order chi connectivity index (χ1) is 17.0. The number of hydrogen-bond donors (Lipinski definition) is 0. The van der Waals surface area contributed by atoms with Crippen LogP contribution >= 0.6 is 9.24 Å². The highest BCUT2D eigenvalue weighted by Gasteiger charge is 2.29. The topological polar surface area (TPSA) is 37.4 Å². The second-order valence-corrected chi connectivity index (χ2v) is 12.0. The van der Waals surface area contributed by atoms with Crippen LogP contribution in [0.3, 0.4) is 0 Å². The van der Waals surface area contributed by atoms with E-state index in [1.54, 1.807) is 6.07 Å². The fraction of sp³-hybridized carbons (Fsp3) is 0.533. The number of amides is 1. The zero-order chi connectivity index (χ0) is 26.0. The Hall–Kier alpha value is -2.13. The summed E-state index contributed by atoms with van der Waals surface area (Å²) in [7, 11) is 2.00. The number of aryl methyl sites for hydroxylation is 1. The van der Waals surface area contributed by atoms with Crippen molar-refractivity contribution in [3.8, 4) is 0 Å². The Labute approximate surface area is 216 Å². The van der Waals surface area contributed by atoms with Gasteiger partial charge in [0.25, 0.3) is 0 Å². The molecule has 1 amide bonds. The van der Waals surface area contributed by atoms with Crippen molar-refractivity contribution >= 4 is 20.9 Å². The molecule has 0 aromatic heterocycles. The fourth-order valence-corrected chi connectivity index (χ4v) is 6.22. The van der Waals surface area contributed by atoms with Crippen molar-refractivity contribution < 1.29 is 18.4 Å². The molecule has 3 unspecified atom stereocenters. The van der Waals surface area contributed by atoms with Crippen molar-refractivity contribution in [3.05, 3.63) is 69.5 Å². The molecule has 1 heterocycles. The summed E-state index contributed by atoms with van der Waals surface area (Å²) in [5.74, 6) is -0.0414. The first-order valence-electron chi connectivity index (χ1n) is 13.2. The van der Waals surface area contributed by atoms with Gasteiger partial charge in [-0.15, -0.1) is 0 Å². The highest BCUT2D eigenvalue weighted by atomic mass is 31.0. The molecule has 0 N–H and O–H groups in total. The maximum absolute atomic E-state index is 14.5. The van der Waals surface area contributed by atoms with Gasteiger partial charge in [0.15, 0.2) is 0 Å². The first-order valence-corrected chi connectivity index (χ1v) is 13.8. The van der Waals surface area contributed by atoms with E-state index in [9.17, 15) is 18.4 Å². The number of ketones is 1. The number of benzene rings is 2. The van der Waals surface area contributed by atoms with Gasteiger partial charge in [-0.25, -0.2) is 8.78 Å². The van der Waals surface area contributed by atoms with Crippen molar-refractivity contribution in [1.29, 1.82) is 0 Å². The van der Waals surface area contributed by atoms with Gasteiger partial charge < -0.3 is 4.90 Å². The average molecular weight is 514 g/mol.